The van der Waals surface area contributed by atoms with Gasteiger partial charge in [0, 0.05) is 31.4 Å². The maximum Gasteiger partial charge on any atom is 0.266 e. The number of aryl methyl sites for hydroxylation is 1. The summed E-state index contributed by atoms with van der Waals surface area (Å²) in [4.78, 5) is 23.7. The average molecular weight is 345 g/mol. The van der Waals surface area contributed by atoms with Gasteiger partial charge in [0.1, 0.15) is 11.9 Å². The van der Waals surface area contributed by atoms with E-state index in [2.05, 4.69) is 21.3 Å². The fourth-order valence-electron chi connectivity index (χ4n) is 2.76. The lowest BCUT2D eigenvalue weighted by Crippen LogP contribution is -2.43. The van der Waals surface area contributed by atoms with Crippen LogP contribution in [0.2, 0.25) is 0 Å². The van der Waals surface area contributed by atoms with Gasteiger partial charge >= 0.3 is 0 Å². The van der Waals surface area contributed by atoms with E-state index in [1.165, 1.54) is 22.9 Å². The highest BCUT2D eigenvalue weighted by atomic mass is 19.1. The van der Waals surface area contributed by atoms with Crippen molar-refractivity contribution >= 4 is 5.91 Å². The van der Waals surface area contributed by atoms with Crippen molar-refractivity contribution in [2.75, 3.05) is 6.54 Å². The van der Waals surface area contributed by atoms with Crippen molar-refractivity contribution < 1.29 is 9.18 Å². The van der Waals surface area contributed by atoms with Crippen LogP contribution in [0.1, 0.15) is 24.4 Å². The molecule has 0 aliphatic carbocycles. The Kier molecular flexibility index (Phi) is 5.52. The minimum Gasteiger partial charge on any atom is -0.355 e. The Hall–Kier alpha value is -2.58. The van der Waals surface area contributed by atoms with Gasteiger partial charge in [0.2, 0.25) is 5.91 Å². The van der Waals surface area contributed by atoms with Crippen LogP contribution in [0.3, 0.4) is 0 Å². The van der Waals surface area contributed by atoms with E-state index in [1.807, 2.05) is 0 Å². The molecule has 0 spiro atoms. The van der Waals surface area contributed by atoms with Gasteiger partial charge in [-0.25, -0.2) is 19.9 Å². The molecule has 2 atom stereocenters. The zero-order chi connectivity index (χ0) is 17.6. The number of benzene rings is 1. The first-order chi connectivity index (χ1) is 12.1. The van der Waals surface area contributed by atoms with Crippen LogP contribution in [0.15, 0.2) is 47.4 Å². The molecule has 2 aromatic rings. The first kappa shape index (κ1) is 17.2. The molecule has 2 unspecified atom stereocenters. The zero-order valence-electron chi connectivity index (χ0n) is 13.6. The molecule has 0 radical (unpaired) electrons. The van der Waals surface area contributed by atoms with Gasteiger partial charge in [-0.2, -0.15) is 5.10 Å². The molecule has 7 nitrogen and oxygen atoms in total. The van der Waals surface area contributed by atoms with Crippen molar-refractivity contribution in [3.05, 3.63) is 64.3 Å². The van der Waals surface area contributed by atoms with Gasteiger partial charge in [0.15, 0.2) is 0 Å². The minimum atomic E-state index is -0.354. The number of nitrogens with zero attached hydrogens (tertiary/aromatic N) is 2. The molecule has 1 aliphatic rings. The first-order valence-corrected chi connectivity index (χ1v) is 8.20. The summed E-state index contributed by atoms with van der Waals surface area (Å²) in [5.41, 5.74) is 6.80. The molecular weight excluding hydrogens is 325 g/mol. The molecule has 1 fully saturated rings. The molecule has 3 N–H and O–H groups in total. The summed E-state index contributed by atoms with van der Waals surface area (Å²) in [6.07, 6.45) is 2.76. The molecule has 0 bridgehead atoms. The number of halogens is 1. The standard InChI is InChI=1S/C17H20FN5O2/c18-13-6-4-12(5-7-13)14-11-15(22-21-14)17(25)19-8-2-10-23-16(24)3-1-9-20-23/h1,3-7,9,14-15,21-22H,2,8,10-11H2,(H,19,25). The van der Waals surface area contributed by atoms with Crippen LogP contribution in [0.25, 0.3) is 0 Å². The summed E-state index contributed by atoms with van der Waals surface area (Å²) in [6.45, 7) is 0.912. The Morgan fingerprint density at radius 3 is 2.84 bits per heavy atom. The number of amides is 1. The second-order valence-corrected chi connectivity index (χ2v) is 5.91. The lowest BCUT2D eigenvalue weighted by molar-refractivity contribution is -0.122. The second kappa shape index (κ2) is 8.00. The number of hydrogen-bond acceptors (Lipinski definition) is 5. The maximum absolute atomic E-state index is 13.0. The van der Waals surface area contributed by atoms with E-state index in [0.29, 0.717) is 25.9 Å². The lowest BCUT2D eigenvalue weighted by Gasteiger charge is -2.11. The van der Waals surface area contributed by atoms with E-state index in [9.17, 15) is 14.0 Å². The van der Waals surface area contributed by atoms with E-state index >= 15 is 0 Å². The van der Waals surface area contributed by atoms with Gasteiger partial charge < -0.3 is 5.32 Å². The van der Waals surface area contributed by atoms with Gasteiger partial charge in [-0.15, -0.1) is 0 Å². The predicted octanol–water partition coefficient (Wildman–Crippen LogP) is 0.496. The number of carbonyl (C=O) groups is 1. The summed E-state index contributed by atoms with van der Waals surface area (Å²) in [5, 5.41) is 6.82. The lowest BCUT2D eigenvalue weighted by atomic mass is 10.0. The number of nitrogens with one attached hydrogen (secondary N) is 3. The van der Waals surface area contributed by atoms with Gasteiger partial charge in [-0.3, -0.25) is 9.59 Å². The fourth-order valence-corrected chi connectivity index (χ4v) is 2.76. The third-order valence-electron chi connectivity index (χ3n) is 4.12. The van der Waals surface area contributed by atoms with E-state index in [1.54, 1.807) is 24.4 Å². The van der Waals surface area contributed by atoms with Crippen LogP contribution in [0.5, 0.6) is 0 Å². The Morgan fingerprint density at radius 2 is 2.08 bits per heavy atom. The topological polar surface area (TPSA) is 88.0 Å². The summed E-state index contributed by atoms with van der Waals surface area (Å²) in [6, 6.07) is 8.88. The molecule has 1 aromatic heterocycles. The van der Waals surface area contributed by atoms with Gasteiger partial charge in [0.25, 0.3) is 5.56 Å². The summed E-state index contributed by atoms with van der Waals surface area (Å²) < 4.78 is 14.3. The monoisotopic (exact) mass is 345 g/mol. The Morgan fingerprint density at radius 1 is 1.28 bits per heavy atom. The molecule has 8 heteroatoms. The van der Waals surface area contributed by atoms with Crippen LogP contribution in [0.4, 0.5) is 4.39 Å². The number of carbonyl (C=O) groups excluding carboxylic acids is 1. The normalized spacial score (nSPS) is 19.7. The minimum absolute atomic E-state index is 0.0385. The first-order valence-electron chi connectivity index (χ1n) is 8.20. The summed E-state index contributed by atoms with van der Waals surface area (Å²) >= 11 is 0. The Labute approximate surface area is 144 Å². The number of hydrogen-bond donors (Lipinski definition) is 3. The average Bonchev–Trinajstić information content (AvgIpc) is 3.11. The van der Waals surface area contributed by atoms with Crippen molar-refractivity contribution in [1.82, 2.24) is 25.9 Å². The fraction of sp³-hybridized carbons (Fsp3) is 0.353. The molecule has 3 rings (SSSR count). The van der Waals surface area contributed by atoms with Crippen LogP contribution < -0.4 is 21.7 Å². The highest BCUT2D eigenvalue weighted by molar-refractivity contribution is 5.82. The maximum atomic E-state index is 13.0. The number of aromatic nitrogens is 2. The quantitative estimate of drug-likeness (QED) is 0.664. The van der Waals surface area contributed by atoms with Crippen LogP contribution in [0, 0.1) is 5.82 Å². The van der Waals surface area contributed by atoms with Crippen molar-refractivity contribution in [3.8, 4) is 0 Å². The van der Waals surface area contributed by atoms with E-state index in [4.69, 9.17) is 0 Å². The van der Waals surface area contributed by atoms with E-state index < -0.39 is 0 Å². The Bertz CT molecular complexity index is 777. The summed E-state index contributed by atoms with van der Waals surface area (Å²) in [7, 11) is 0. The Balaban J connectivity index is 1.42. The van der Waals surface area contributed by atoms with Crippen molar-refractivity contribution in [2.45, 2.75) is 31.5 Å². The van der Waals surface area contributed by atoms with Crippen LogP contribution >= 0.6 is 0 Å². The smallest absolute Gasteiger partial charge is 0.266 e. The third-order valence-corrected chi connectivity index (χ3v) is 4.12. The third kappa shape index (κ3) is 4.49. The molecule has 132 valence electrons. The van der Waals surface area contributed by atoms with Crippen molar-refractivity contribution in [3.63, 3.8) is 0 Å². The van der Waals surface area contributed by atoms with Crippen molar-refractivity contribution in [1.29, 1.82) is 0 Å². The van der Waals surface area contributed by atoms with E-state index in [0.717, 1.165) is 5.56 Å². The molecule has 1 aromatic carbocycles. The second-order valence-electron chi connectivity index (χ2n) is 5.91. The molecule has 1 saturated heterocycles. The van der Waals surface area contributed by atoms with Gasteiger partial charge in [-0.05, 0) is 36.6 Å². The zero-order valence-corrected chi connectivity index (χ0v) is 13.6. The molecular formula is C17H20FN5O2. The van der Waals surface area contributed by atoms with Crippen LogP contribution in [-0.2, 0) is 11.3 Å². The SMILES string of the molecule is O=C(NCCCn1ncccc1=O)C1CC(c2ccc(F)cc2)NN1. The van der Waals surface area contributed by atoms with Crippen molar-refractivity contribution in [2.24, 2.45) is 0 Å². The predicted molar refractivity (Wildman–Crippen MR) is 89.9 cm³/mol. The number of hydrazine groups is 1. The largest absolute Gasteiger partial charge is 0.355 e. The highest BCUT2D eigenvalue weighted by Gasteiger charge is 2.29. The molecule has 2 heterocycles. The van der Waals surface area contributed by atoms with E-state index in [-0.39, 0.29) is 29.4 Å². The van der Waals surface area contributed by atoms with Crippen LogP contribution in [-0.4, -0.2) is 28.3 Å². The highest BCUT2D eigenvalue weighted by Crippen LogP contribution is 2.22. The number of rotatable bonds is 6. The molecule has 1 aliphatic heterocycles. The molecule has 1 amide bonds. The molecule has 0 saturated carbocycles. The van der Waals surface area contributed by atoms with Gasteiger partial charge in [-0.1, -0.05) is 12.1 Å². The molecule has 25 heavy (non-hydrogen) atoms. The van der Waals surface area contributed by atoms with Gasteiger partial charge in [0.05, 0.1) is 0 Å². The summed E-state index contributed by atoms with van der Waals surface area (Å²) in [5.74, 6) is -0.388.